The highest BCUT2D eigenvalue weighted by atomic mass is 16.6. The van der Waals surface area contributed by atoms with E-state index < -0.39 is 11.7 Å². The van der Waals surface area contributed by atoms with Crippen LogP contribution in [0.15, 0.2) is 60.7 Å². The molecule has 6 nitrogen and oxygen atoms in total. The Balaban J connectivity index is 1.94. The molecule has 0 spiro atoms. The molecule has 0 saturated carbocycles. The average Bonchev–Trinajstić information content (AvgIpc) is 2.72. The maximum absolute atomic E-state index is 12.3. The zero-order chi connectivity index (χ0) is 22.5. The molecule has 0 saturated heterocycles. The zero-order valence-corrected chi connectivity index (χ0v) is 19.2. The number of benzene rings is 2. The summed E-state index contributed by atoms with van der Waals surface area (Å²) in [5.74, 6) is 0. The van der Waals surface area contributed by atoms with Crippen molar-refractivity contribution in [3.05, 3.63) is 71.8 Å². The summed E-state index contributed by atoms with van der Waals surface area (Å²) in [6.07, 6.45) is 1.46. The molecule has 2 rings (SSSR count). The number of nitrogens with one attached hydrogen (secondary N) is 1. The number of amides is 1. The van der Waals surface area contributed by atoms with Crippen molar-refractivity contribution < 1.29 is 9.53 Å². The first-order valence-electron chi connectivity index (χ1n) is 11.1. The van der Waals surface area contributed by atoms with E-state index in [9.17, 15) is 4.79 Å². The lowest BCUT2D eigenvalue weighted by Crippen LogP contribution is -2.45. The Labute approximate surface area is 187 Å². The van der Waals surface area contributed by atoms with Crippen LogP contribution in [-0.4, -0.2) is 47.8 Å². The van der Waals surface area contributed by atoms with Gasteiger partial charge < -0.3 is 10.5 Å². The van der Waals surface area contributed by atoms with Crippen molar-refractivity contribution in [3.63, 3.8) is 0 Å². The molecular formula is C25H38N4O2. The maximum Gasteiger partial charge on any atom is 0.422 e. The fraction of sp³-hybridized carbons (Fsp3) is 0.480. The minimum Gasteiger partial charge on any atom is -0.443 e. The second kappa shape index (κ2) is 13.1. The standard InChI is InChI=1S/C25H38N4O2/c1-25(2,3)31-24(30)27-29(21-23-14-8-5-9-15-23)19-11-18-28(17-10-16-26)20-22-12-6-4-7-13-22/h4-9,12-15H,10-11,16-21,26H2,1-3H3,(H,27,30). The van der Waals surface area contributed by atoms with Crippen LogP contribution in [0.3, 0.4) is 0 Å². The first-order valence-corrected chi connectivity index (χ1v) is 11.1. The minimum absolute atomic E-state index is 0.423. The maximum atomic E-state index is 12.3. The number of carbonyl (C=O) groups excluding carboxylic acids is 1. The Hall–Kier alpha value is -2.41. The summed E-state index contributed by atoms with van der Waals surface area (Å²) in [6.45, 7) is 10.4. The summed E-state index contributed by atoms with van der Waals surface area (Å²) in [5.41, 5.74) is 10.6. The molecule has 31 heavy (non-hydrogen) atoms. The quantitative estimate of drug-likeness (QED) is 0.499. The summed E-state index contributed by atoms with van der Waals surface area (Å²) >= 11 is 0. The fourth-order valence-corrected chi connectivity index (χ4v) is 3.32. The van der Waals surface area contributed by atoms with E-state index in [4.69, 9.17) is 10.5 Å². The second-order valence-electron chi connectivity index (χ2n) is 8.78. The van der Waals surface area contributed by atoms with Crippen molar-refractivity contribution in [2.75, 3.05) is 26.2 Å². The predicted molar refractivity (Wildman–Crippen MR) is 126 cm³/mol. The smallest absolute Gasteiger partial charge is 0.422 e. The third kappa shape index (κ3) is 11.0. The van der Waals surface area contributed by atoms with E-state index in [0.29, 0.717) is 13.1 Å². The molecule has 170 valence electrons. The van der Waals surface area contributed by atoms with Crippen LogP contribution in [0.2, 0.25) is 0 Å². The molecule has 0 atom stereocenters. The number of rotatable bonds is 12. The topological polar surface area (TPSA) is 70.8 Å². The molecule has 0 radical (unpaired) electrons. The lowest BCUT2D eigenvalue weighted by molar-refractivity contribution is 0.0308. The first kappa shape index (κ1) is 24.9. The Kier molecular flexibility index (Phi) is 10.5. The Bertz CT molecular complexity index is 747. The molecule has 6 heteroatoms. The fourth-order valence-electron chi connectivity index (χ4n) is 3.32. The molecule has 2 aromatic carbocycles. The highest BCUT2D eigenvalue weighted by molar-refractivity contribution is 5.67. The summed E-state index contributed by atoms with van der Waals surface area (Å²) in [5, 5.41) is 1.94. The van der Waals surface area contributed by atoms with Gasteiger partial charge in [0, 0.05) is 19.6 Å². The van der Waals surface area contributed by atoms with Crippen molar-refractivity contribution in [1.82, 2.24) is 15.3 Å². The summed E-state index contributed by atoms with van der Waals surface area (Å²) in [4.78, 5) is 14.8. The average molecular weight is 427 g/mol. The van der Waals surface area contributed by atoms with Crippen LogP contribution in [0.25, 0.3) is 0 Å². The number of hydrogen-bond donors (Lipinski definition) is 2. The third-order valence-electron chi connectivity index (χ3n) is 4.69. The van der Waals surface area contributed by atoms with E-state index in [2.05, 4.69) is 46.7 Å². The Morgan fingerprint density at radius 2 is 1.42 bits per heavy atom. The molecule has 0 aromatic heterocycles. The molecule has 2 aromatic rings. The monoisotopic (exact) mass is 426 g/mol. The van der Waals surface area contributed by atoms with Crippen LogP contribution < -0.4 is 11.2 Å². The highest BCUT2D eigenvalue weighted by Gasteiger charge is 2.18. The van der Waals surface area contributed by atoms with E-state index in [1.807, 2.05) is 50.0 Å². The van der Waals surface area contributed by atoms with Crippen molar-refractivity contribution in [2.45, 2.75) is 52.3 Å². The number of hydrazine groups is 1. The molecular weight excluding hydrogens is 388 g/mol. The largest absolute Gasteiger partial charge is 0.443 e. The van der Waals surface area contributed by atoms with Gasteiger partial charge in [-0.25, -0.2) is 9.80 Å². The van der Waals surface area contributed by atoms with Gasteiger partial charge in [0.2, 0.25) is 0 Å². The Morgan fingerprint density at radius 3 is 1.97 bits per heavy atom. The van der Waals surface area contributed by atoms with Gasteiger partial charge in [-0.1, -0.05) is 60.7 Å². The van der Waals surface area contributed by atoms with Crippen LogP contribution in [0.5, 0.6) is 0 Å². The summed E-state index contributed by atoms with van der Waals surface area (Å²) < 4.78 is 5.45. The number of nitrogens with zero attached hydrogens (tertiary/aromatic N) is 2. The Morgan fingerprint density at radius 1 is 0.871 bits per heavy atom. The van der Waals surface area contributed by atoms with E-state index in [0.717, 1.165) is 44.6 Å². The van der Waals surface area contributed by atoms with Crippen molar-refractivity contribution in [1.29, 1.82) is 0 Å². The van der Waals surface area contributed by atoms with Crippen molar-refractivity contribution >= 4 is 6.09 Å². The number of nitrogens with two attached hydrogens (primary N) is 1. The number of ether oxygens (including phenoxy) is 1. The molecule has 1 amide bonds. The van der Waals surface area contributed by atoms with Crippen molar-refractivity contribution in [2.24, 2.45) is 5.73 Å². The summed E-state index contributed by atoms with van der Waals surface area (Å²) in [7, 11) is 0. The van der Waals surface area contributed by atoms with Gasteiger partial charge in [-0.05, 0) is 64.4 Å². The van der Waals surface area contributed by atoms with Crippen LogP contribution in [0.4, 0.5) is 4.79 Å². The molecule has 0 heterocycles. The van der Waals surface area contributed by atoms with E-state index in [-0.39, 0.29) is 0 Å². The van der Waals surface area contributed by atoms with Gasteiger partial charge in [0.1, 0.15) is 5.60 Å². The first-order chi connectivity index (χ1) is 14.9. The normalized spacial score (nSPS) is 11.7. The van der Waals surface area contributed by atoms with Crippen LogP contribution in [0, 0.1) is 0 Å². The number of carbonyl (C=O) groups is 1. The zero-order valence-electron chi connectivity index (χ0n) is 19.2. The predicted octanol–water partition coefficient (Wildman–Crippen LogP) is 4.17. The van der Waals surface area contributed by atoms with E-state index in [1.54, 1.807) is 0 Å². The van der Waals surface area contributed by atoms with Crippen LogP contribution in [-0.2, 0) is 17.8 Å². The lowest BCUT2D eigenvalue weighted by Gasteiger charge is -2.28. The van der Waals surface area contributed by atoms with E-state index >= 15 is 0 Å². The van der Waals surface area contributed by atoms with Crippen LogP contribution in [0.1, 0.15) is 44.7 Å². The third-order valence-corrected chi connectivity index (χ3v) is 4.69. The van der Waals surface area contributed by atoms with Crippen LogP contribution >= 0.6 is 0 Å². The lowest BCUT2D eigenvalue weighted by atomic mass is 10.2. The highest BCUT2D eigenvalue weighted by Crippen LogP contribution is 2.10. The molecule has 0 fully saturated rings. The van der Waals surface area contributed by atoms with Gasteiger partial charge in [0.25, 0.3) is 0 Å². The molecule has 0 bridgehead atoms. The van der Waals surface area contributed by atoms with Gasteiger partial charge in [0.05, 0.1) is 0 Å². The number of hydrogen-bond acceptors (Lipinski definition) is 5. The van der Waals surface area contributed by atoms with Gasteiger partial charge in [-0.3, -0.25) is 10.3 Å². The van der Waals surface area contributed by atoms with Gasteiger partial charge in [-0.15, -0.1) is 0 Å². The molecule has 0 aliphatic rings. The van der Waals surface area contributed by atoms with E-state index in [1.165, 1.54) is 5.56 Å². The van der Waals surface area contributed by atoms with Gasteiger partial charge in [0.15, 0.2) is 0 Å². The van der Waals surface area contributed by atoms with Gasteiger partial charge in [-0.2, -0.15) is 0 Å². The second-order valence-corrected chi connectivity index (χ2v) is 8.78. The van der Waals surface area contributed by atoms with Crippen molar-refractivity contribution in [3.8, 4) is 0 Å². The molecule has 0 aliphatic carbocycles. The molecule has 0 aliphatic heterocycles. The SMILES string of the molecule is CC(C)(C)OC(=O)NN(CCCN(CCCN)Cc1ccccc1)Cc1ccccc1. The summed E-state index contributed by atoms with van der Waals surface area (Å²) in [6, 6.07) is 20.6. The molecule has 3 N–H and O–H groups in total. The molecule has 0 unspecified atom stereocenters. The minimum atomic E-state index is -0.531. The van der Waals surface area contributed by atoms with Gasteiger partial charge >= 0.3 is 6.09 Å².